The molecule has 0 aliphatic carbocycles. The lowest BCUT2D eigenvalue weighted by molar-refractivity contribution is 0.407. The van der Waals surface area contributed by atoms with E-state index >= 15 is 0 Å². The summed E-state index contributed by atoms with van der Waals surface area (Å²) in [6.45, 7) is 3.83. The molecule has 0 aliphatic heterocycles. The minimum Gasteiger partial charge on any atom is -0.468 e. The van der Waals surface area contributed by atoms with E-state index in [2.05, 4.69) is 25.6 Å². The number of aryl methyl sites for hydroxylation is 1. The van der Waals surface area contributed by atoms with Crippen LogP contribution in [0.5, 0.6) is 0 Å². The molecule has 3 aromatic rings. The Labute approximate surface area is 161 Å². The lowest BCUT2D eigenvalue weighted by Gasteiger charge is -2.23. The van der Waals surface area contributed by atoms with Crippen molar-refractivity contribution in [2.75, 3.05) is 0 Å². The number of aromatic nitrogens is 1. The quantitative estimate of drug-likeness (QED) is 0.576. The van der Waals surface area contributed by atoms with Gasteiger partial charge in [0.25, 0.3) is 0 Å². The normalized spacial score (nSPS) is 14.1. The highest BCUT2D eigenvalue weighted by Gasteiger charge is 2.29. The molecule has 0 aliphatic rings. The van der Waals surface area contributed by atoms with Crippen molar-refractivity contribution >= 4 is 26.0 Å². The van der Waals surface area contributed by atoms with Crippen LogP contribution in [0.2, 0.25) is 0 Å². The van der Waals surface area contributed by atoms with Crippen LogP contribution < -0.4 is 4.72 Å². The van der Waals surface area contributed by atoms with Gasteiger partial charge < -0.3 is 4.42 Å². The van der Waals surface area contributed by atoms with Crippen LogP contribution in [-0.2, 0) is 10.0 Å². The second-order valence-electron chi connectivity index (χ2n) is 6.10. The average Bonchev–Trinajstić information content (AvgIpc) is 3.14. The van der Waals surface area contributed by atoms with Crippen LogP contribution in [0.1, 0.15) is 35.9 Å². The summed E-state index contributed by atoms with van der Waals surface area (Å²) in [5.41, 5.74) is 1.76. The van der Waals surface area contributed by atoms with Crippen LogP contribution in [0, 0.1) is 6.92 Å². The second-order valence-corrected chi connectivity index (χ2v) is 8.63. The van der Waals surface area contributed by atoms with E-state index in [1.807, 2.05) is 32.0 Å². The molecule has 26 heavy (non-hydrogen) atoms. The first-order valence-electron chi connectivity index (χ1n) is 8.12. The molecule has 0 saturated carbocycles. The van der Waals surface area contributed by atoms with Gasteiger partial charge in [0.15, 0.2) is 0 Å². The summed E-state index contributed by atoms with van der Waals surface area (Å²) >= 11 is 3.36. The van der Waals surface area contributed by atoms with Crippen molar-refractivity contribution in [2.24, 2.45) is 0 Å². The first kappa shape index (κ1) is 18.8. The van der Waals surface area contributed by atoms with Crippen molar-refractivity contribution in [3.05, 3.63) is 82.5 Å². The molecule has 0 spiro atoms. The predicted octanol–water partition coefficient (Wildman–Crippen LogP) is 4.57. The van der Waals surface area contributed by atoms with Crippen LogP contribution in [0.15, 0.2) is 74.8 Å². The van der Waals surface area contributed by atoms with Gasteiger partial charge in [-0.05, 0) is 59.3 Å². The highest BCUT2D eigenvalue weighted by Crippen LogP contribution is 2.32. The molecule has 0 saturated heterocycles. The van der Waals surface area contributed by atoms with Crippen LogP contribution in [0.3, 0.4) is 0 Å². The Morgan fingerprint density at radius 2 is 1.81 bits per heavy atom. The van der Waals surface area contributed by atoms with Gasteiger partial charge in [0, 0.05) is 11.6 Å². The molecule has 1 N–H and O–H groups in total. The summed E-state index contributed by atoms with van der Waals surface area (Å²) < 4.78 is 34.7. The van der Waals surface area contributed by atoms with E-state index < -0.39 is 16.1 Å². The van der Waals surface area contributed by atoms with Crippen molar-refractivity contribution in [2.45, 2.75) is 30.7 Å². The Kier molecular flexibility index (Phi) is 5.60. The number of hydrogen-bond acceptors (Lipinski definition) is 4. The van der Waals surface area contributed by atoms with Gasteiger partial charge in [0.1, 0.15) is 10.4 Å². The molecule has 0 fully saturated rings. The highest BCUT2D eigenvalue weighted by molar-refractivity contribution is 9.10. The van der Waals surface area contributed by atoms with E-state index in [4.69, 9.17) is 4.42 Å². The lowest BCUT2D eigenvalue weighted by Crippen LogP contribution is -2.32. The summed E-state index contributed by atoms with van der Waals surface area (Å²) in [4.78, 5) is 4.68. The van der Waals surface area contributed by atoms with E-state index in [9.17, 15) is 8.42 Å². The molecule has 0 radical (unpaired) electrons. The van der Waals surface area contributed by atoms with Gasteiger partial charge >= 0.3 is 0 Å². The van der Waals surface area contributed by atoms with E-state index in [0.29, 0.717) is 10.4 Å². The van der Waals surface area contributed by atoms with Gasteiger partial charge in [-0.15, -0.1) is 0 Å². The van der Waals surface area contributed by atoms with E-state index in [-0.39, 0.29) is 10.8 Å². The molecule has 3 rings (SSSR count). The minimum absolute atomic E-state index is 0.217. The molecule has 2 aromatic heterocycles. The van der Waals surface area contributed by atoms with Crippen molar-refractivity contribution in [1.29, 1.82) is 0 Å². The number of furan rings is 1. The summed E-state index contributed by atoms with van der Waals surface area (Å²) in [6, 6.07) is 15.2. The molecular weight excluding hydrogens is 416 g/mol. The third-order valence-electron chi connectivity index (χ3n) is 4.17. The smallest absolute Gasteiger partial charge is 0.241 e. The summed E-state index contributed by atoms with van der Waals surface area (Å²) in [6.07, 6.45) is 1.53. The fraction of sp³-hybridized carbons (Fsp3) is 0.211. The van der Waals surface area contributed by atoms with Crippen LogP contribution in [0.4, 0.5) is 0 Å². The Balaban J connectivity index is 1.96. The van der Waals surface area contributed by atoms with Crippen molar-refractivity contribution in [3.8, 4) is 0 Å². The van der Waals surface area contributed by atoms with Crippen LogP contribution >= 0.6 is 15.9 Å². The fourth-order valence-corrected chi connectivity index (χ4v) is 4.32. The standard InChI is InChI=1S/C19H19BrN2O3S/c1-13-8-10-15(11-9-13)26(23,24)22-19(17-6-4-12-25-17)14(2)16-5-3-7-18(20)21-16/h3-12,14,19,22H,1-2H3/t14-,19+/m0/s1. The number of nitrogens with zero attached hydrogens (tertiary/aromatic N) is 1. The second kappa shape index (κ2) is 7.73. The van der Waals surface area contributed by atoms with Crippen molar-refractivity contribution in [1.82, 2.24) is 9.71 Å². The van der Waals surface area contributed by atoms with Crippen LogP contribution in [-0.4, -0.2) is 13.4 Å². The van der Waals surface area contributed by atoms with Gasteiger partial charge in [0.05, 0.1) is 17.2 Å². The molecule has 5 nitrogen and oxygen atoms in total. The number of nitrogens with one attached hydrogen (secondary N) is 1. The SMILES string of the molecule is Cc1ccc(S(=O)(=O)N[C@@H](c2ccco2)[C@@H](C)c2cccc(Br)n2)cc1. The number of benzene rings is 1. The molecule has 7 heteroatoms. The largest absolute Gasteiger partial charge is 0.468 e. The number of hydrogen-bond donors (Lipinski definition) is 1. The van der Waals surface area contributed by atoms with E-state index in [1.54, 1.807) is 36.4 Å². The molecule has 2 atom stereocenters. The summed E-state index contributed by atoms with van der Waals surface area (Å²) in [5, 5.41) is 0. The molecule has 0 bridgehead atoms. The topological polar surface area (TPSA) is 72.2 Å². The molecule has 0 unspecified atom stereocenters. The monoisotopic (exact) mass is 434 g/mol. The Morgan fingerprint density at radius 1 is 1.08 bits per heavy atom. The average molecular weight is 435 g/mol. The summed E-state index contributed by atoms with van der Waals surface area (Å²) in [5.74, 6) is 0.300. The Bertz CT molecular complexity index is 970. The van der Waals surface area contributed by atoms with E-state index in [1.165, 1.54) is 6.26 Å². The zero-order valence-electron chi connectivity index (χ0n) is 14.4. The first-order chi connectivity index (χ1) is 12.4. The minimum atomic E-state index is -3.71. The summed E-state index contributed by atoms with van der Waals surface area (Å²) in [7, 11) is -3.71. The maximum absolute atomic E-state index is 12.9. The zero-order valence-corrected chi connectivity index (χ0v) is 16.8. The molecule has 1 aromatic carbocycles. The predicted molar refractivity (Wildman–Crippen MR) is 103 cm³/mol. The molecule has 0 amide bonds. The maximum Gasteiger partial charge on any atom is 0.241 e. The number of rotatable bonds is 6. The fourth-order valence-electron chi connectivity index (χ4n) is 2.68. The molecular formula is C19H19BrN2O3S. The number of sulfonamides is 1. The van der Waals surface area contributed by atoms with Gasteiger partial charge in [-0.3, -0.25) is 0 Å². The Hall–Kier alpha value is -1.96. The Morgan fingerprint density at radius 3 is 2.42 bits per heavy atom. The van der Waals surface area contributed by atoms with Gasteiger partial charge in [-0.2, -0.15) is 4.72 Å². The first-order valence-corrected chi connectivity index (χ1v) is 10.4. The highest BCUT2D eigenvalue weighted by atomic mass is 79.9. The third kappa shape index (κ3) is 4.23. The zero-order chi connectivity index (χ0) is 18.7. The van der Waals surface area contributed by atoms with Crippen LogP contribution in [0.25, 0.3) is 0 Å². The van der Waals surface area contributed by atoms with Gasteiger partial charge in [-0.1, -0.05) is 30.7 Å². The maximum atomic E-state index is 12.9. The molecule has 136 valence electrons. The number of pyridine rings is 1. The van der Waals surface area contributed by atoms with Gasteiger partial charge in [-0.25, -0.2) is 13.4 Å². The van der Waals surface area contributed by atoms with E-state index in [0.717, 1.165) is 11.3 Å². The third-order valence-corrected chi connectivity index (χ3v) is 6.06. The lowest BCUT2D eigenvalue weighted by atomic mass is 9.96. The van der Waals surface area contributed by atoms with Crippen molar-refractivity contribution < 1.29 is 12.8 Å². The molecule has 2 heterocycles. The van der Waals surface area contributed by atoms with Gasteiger partial charge in [0.2, 0.25) is 10.0 Å². The van der Waals surface area contributed by atoms with Crippen molar-refractivity contribution in [3.63, 3.8) is 0 Å². The number of halogens is 1.